The van der Waals surface area contributed by atoms with Gasteiger partial charge >= 0.3 is 0 Å². The van der Waals surface area contributed by atoms with Crippen LogP contribution in [0, 0.1) is 11.3 Å². The zero-order valence-electron chi connectivity index (χ0n) is 14.2. The smallest absolute Gasteiger partial charge is 0.194 e. The Hall–Kier alpha value is -0.0400. The van der Waals surface area contributed by atoms with E-state index in [4.69, 9.17) is 9.73 Å². The van der Waals surface area contributed by atoms with Crippen molar-refractivity contribution in [2.24, 2.45) is 16.3 Å². The van der Waals surface area contributed by atoms with Crippen molar-refractivity contribution in [1.82, 2.24) is 10.2 Å². The lowest BCUT2D eigenvalue weighted by atomic mass is 9.65. The van der Waals surface area contributed by atoms with E-state index >= 15 is 0 Å². The summed E-state index contributed by atoms with van der Waals surface area (Å²) < 4.78 is 5.66. The molecule has 1 saturated heterocycles. The lowest BCUT2D eigenvalue weighted by molar-refractivity contribution is -0.0668. The molecule has 2 aliphatic rings. The minimum Gasteiger partial charge on any atom is -0.379 e. The van der Waals surface area contributed by atoms with E-state index in [2.05, 4.69) is 44.8 Å². The molecule has 0 amide bonds. The van der Waals surface area contributed by atoms with E-state index in [0.717, 1.165) is 44.7 Å². The summed E-state index contributed by atoms with van der Waals surface area (Å²) in [6.07, 6.45) is 2.70. The quantitative estimate of drug-likeness (QED) is 0.317. The number of guanidine groups is 1. The Bertz CT molecular complexity index is 365. The fraction of sp³-hybridized carbons (Fsp3) is 0.938. The van der Waals surface area contributed by atoms with Crippen LogP contribution in [-0.2, 0) is 4.74 Å². The van der Waals surface area contributed by atoms with Crippen LogP contribution >= 0.6 is 24.0 Å². The second kappa shape index (κ2) is 7.49. The summed E-state index contributed by atoms with van der Waals surface area (Å²) in [6, 6.07) is 0. The van der Waals surface area contributed by atoms with E-state index in [9.17, 15) is 0 Å². The number of hydrogen-bond donors (Lipinski definition) is 1. The van der Waals surface area contributed by atoms with Crippen LogP contribution in [0.4, 0.5) is 0 Å². The van der Waals surface area contributed by atoms with Crippen LogP contribution in [0.5, 0.6) is 0 Å². The van der Waals surface area contributed by atoms with E-state index in [-0.39, 0.29) is 29.5 Å². The minimum atomic E-state index is 0. The molecule has 0 spiro atoms. The molecule has 0 aromatic rings. The maximum atomic E-state index is 5.66. The predicted octanol–water partition coefficient (Wildman–Crippen LogP) is 3.12. The van der Waals surface area contributed by atoms with Crippen molar-refractivity contribution in [3.63, 3.8) is 0 Å². The Morgan fingerprint density at radius 3 is 2.43 bits per heavy atom. The molecule has 1 aliphatic heterocycles. The summed E-state index contributed by atoms with van der Waals surface area (Å²) in [5.74, 6) is 1.87. The molecule has 0 bridgehead atoms. The van der Waals surface area contributed by atoms with Gasteiger partial charge in [0, 0.05) is 30.7 Å². The summed E-state index contributed by atoms with van der Waals surface area (Å²) >= 11 is 0. The Labute approximate surface area is 147 Å². The Balaban J connectivity index is 0.00000220. The molecule has 2 fully saturated rings. The molecular formula is C16H32IN3O. The highest BCUT2D eigenvalue weighted by atomic mass is 127. The Morgan fingerprint density at radius 2 is 1.95 bits per heavy atom. The average molecular weight is 409 g/mol. The van der Waals surface area contributed by atoms with Gasteiger partial charge in [-0.15, -0.1) is 24.0 Å². The molecule has 0 unspecified atom stereocenters. The molecule has 0 aromatic heterocycles. The molecule has 1 saturated carbocycles. The fourth-order valence-electron chi connectivity index (χ4n) is 2.55. The Morgan fingerprint density at radius 1 is 1.29 bits per heavy atom. The van der Waals surface area contributed by atoms with Crippen molar-refractivity contribution in [1.29, 1.82) is 0 Å². The number of halogens is 1. The van der Waals surface area contributed by atoms with Gasteiger partial charge in [0.15, 0.2) is 5.96 Å². The number of aliphatic imine (C=N–C) groups is 1. The molecular weight excluding hydrogens is 377 g/mol. The van der Waals surface area contributed by atoms with Crippen LogP contribution in [-0.4, -0.2) is 49.2 Å². The van der Waals surface area contributed by atoms with Crippen LogP contribution in [0.15, 0.2) is 4.99 Å². The molecule has 2 rings (SSSR count). The Kier molecular flexibility index (Phi) is 6.78. The van der Waals surface area contributed by atoms with Gasteiger partial charge in [0.1, 0.15) is 0 Å². The van der Waals surface area contributed by atoms with Crippen molar-refractivity contribution in [2.75, 3.05) is 32.8 Å². The van der Waals surface area contributed by atoms with Crippen molar-refractivity contribution in [3.8, 4) is 0 Å². The highest BCUT2D eigenvalue weighted by Gasteiger charge is 2.53. The first-order chi connectivity index (χ1) is 9.38. The zero-order chi connectivity index (χ0) is 14.8. The highest BCUT2D eigenvalue weighted by Crippen LogP contribution is 2.46. The molecule has 4 nitrogen and oxygen atoms in total. The molecule has 124 valence electrons. The van der Waals surface area contributed by atoms with Gasteiger partial charge in [0.25, 0.3) is 0 Å². The van der Waals surface area contributed by atoms with Crippen molar-refractivity contribution in [2.45, 2.75) is 53.0 Å². The number of hydrogen-bond acceptors (Lipinski definition) is 2. The van der Waals surface area contributed by atoms with Gasteiger partial charge in [-0.2, -0.15) is 0 Å². The van der Waals surface area contributed by atoms with Gasteiger partial charge in [0.2, 0.25) is 0 Å². The average Bonchev–Trinajstić information content (AvgIpc) is 3.18. The van der Waals surface area contributed by atoms with Crippen molar-refractivity contribution >= 4 is 29.9 Å². The van der Waals surface area contributed by atoms with Crippen LogP contribution in [0.2, 0.25) is 0 Å². The van der Waals surface area contributed by atoms with Crippen molar-refractivity contribution in [3.05, 3.63) is 0 Å². The number of nitrogens with zero attached hydrogens (tertiary/aromatic N) is 2. The second-order valence-electron chi connectivity index (χ2n) is 7.28. The maximum Gasteiger partial charge on any atom is 0.194 e. The van der Waals surface area contributed by atoms with E-state index in [1.54, 1.807) is 0 Å². The third-order valence-electron chi connectivity index (χ3n) is 5.02. The molecule has 21 heavy (non-hydrogen) atoms. The van der Waals surface area contributed by atoms with Crippen LogP contribution in [0.1, 0.15) is 47.5 Å². The minimum absolute atomic E-state index is 0. The van der Waals surface area contributed by atoms with Crippen LogP contribution in [0.3, 0.4) is 0 Å². The first kappa shape index (κ1) is 19.0. The van der Waals surface area contributed by atoms with E-state index in [1.807, 2.05) is 0 Å². The summed E-state index contributed by atoms with van der Waals surface area (Å²) in [5.41, 5.74) is 0.495. The van der Waals surface area contributed by atoms with Gasteiger partial charge in [-0.25, -0.2) is 0 Å². The molecule has 1 N–H and O–H groups in total. The maximum absolute atomic E-state index is 5.66. The normalized spacial score (nSPS) is 23.3. The topological polar surface area (TPSA) is 36.9 Å². The van der Waals surface area contributed by atoms with Gasteiger partial charge in [-0.05, 0) is 39.5 Å². The molecule has 1 aliphatic carbocycles. The highest BCUT2D eigenvalue weighted by molar-refractivity contribution is 14.0. The van der Waals surface area contributed by atoms with Crippen molar-refractivity contribution < 1.29 is 4.74 Å². The summed E-state index contributed by atoms with van der Waals surface area (Å²) in [6.45, 7) is 15.8. The standard InChI is InChI=1S/C16H31N3O.HI/c1-6-17-14(18-9-10-20-11-13-7-8-13)19-12-15(2,3)16(19,4)5;/h13H,6-12H2,1-5H3,(H,17,18);1H. The lowest BCUT2D eigenvalue weighted by Crippen LogP contribution is -2.72. The number of nitrogens with one attached hydrogen (secondary N) is 1. The van der Waals surface area contributed by atoms with E-state index < -0.39 is 0 Å². The van der Waals surface area contributed by atoms with Gasteiger partial charge in [0.05, 0.1) is 13.2 Å². The molecule has 0 aromatic carbocycles. The first-order valence-electron chi connectivity index (χ1n) is 8.02. The second-order valence-corrected chi connectivity index (χ2v) is 7.28. The molecule has 5 heteroatoms. The summed E-state index contributed by atoms with van der Waals surface area (Å²) in [7, 11) is 0. The number of likely N-dealkylation sites (tertiary alicyclic amines) is 1. The van der Waals surface area contributed by atoms with E-state index in [1.165, 1.54) is 12.8 Å². The largest absolute Gasteiger partial charge is 0.379 e. The third-order valence-corrected chi connectivity index (χ3v) is 5.02. The number of ether oxygens (including phenoxy) is 1. The first-order valence-corrected chi connectivity index (χ1v) is 8.02. The monoisotopic (exact) mass is 409 g/mol. The fourth-order valence-corrected chi connectivity index (χ4v) is 2.55. The summed E-state index contributed by atoms with van der Waals surface area (Å²) in [4.78, 5) is 7.11. The third kappa shape index (κ3) is 4.47. The van der Waals surface area contributed by atoms with Gasteiger partial charge < -0.3 is 15.0 Å². The zero-order valence-corrected chi connectivity index (χ0v) is 16.6. The van der Waals surface area contributed by atoms with Gasteiger partial charge in [-0.1, -0.05) is 13.8 Å². The lowest BCUT2D eigenvalue weighted by Gasteiger charge is -2.62. The van der Waals surface area contributed by atoms with E-state index in [0.29, 0.717) is 5.41 Å². The SMILES string of the molecule is CCNC(=NCCOCC1CC1)N1CC(C)(C)C1(C)C.I. The predicted molar refractivity (Wildman–Crippen MR) is 99.5 cm³/mol. The van der Waals surface area contributed by atoms with Gasteiger partial charge in [-0.3, -0.25) is 4.99 Å². The van der Waals surface area contributed by atoms with Crippen LogP contribution in [0.25, 0.3) is 0 Å². The summed E-state index contributed by atoms with van der Waals surface area (Å²) in [5, 5.41) is 3.41. The van der Waals surface area contributed by atoms with Crippen LogP contribution < -0.4 is 5.32 Å². The molecule has 1 heterocycles. The molecule has 0 atom stereocenters. The molecule has 0 radical (unpaired) electrons. The number of rotatable bonds is 6.